The highest BCUT2D eigenvalue weighted by molar-refractivity contribution is 5.87. The number of methoxy groups -OCH3 is 2. The number of carbonyl (C=O) groups is 1. The molecule has 0 unspecified atom stereocenters. The van der Waals surface area contributed by atoms with E-state index in [0.717, 1.165) is 0 Å². The Balaban J connectivity index is 2.65. The molecule has 0 heterocycles. The predicted octanol–water partition coefficient (Wildman–Crippen LogP) is 1.96. The maximum Gasteiger partial charge on any atom is 0.314 e. The molecule has 1 fully saturated rings. The number of rotatable bonds is 4. The van der Waals surface area contributed by atoms with E-state index in [4.69, 9.17) is 9.47 Å². The van der Waals surface area contributed by atoms with E-state index in [1.165, 1.54) is 26.4 Å². The fraction of sp³-hybridized carbons (Fsp3) is 0.417. The number of hydrogen-bond donors (Lipinski definition) is 1. The maximum atomic E-state index is 13.6. The summed E-state index contributed by atoms with van der Waals surface area (Å²) in [5.41, 5.74) is -0.756. The number of carboxylic acid groups (broad SMARTS) is 1. The molecule has 1 aliphatic carbocycles. The van der Waals surface area contributed by atoms with Gasteiger partial charge in [-0.05, 0) is 25.0 Å². The van der Waals surface area contributed by atoms with Crippen LogP contribution in [0.2, 0.25) is 0 Å². The van der Waals surface area contributed by atoms with Gasteiger partial charge in [0.15, 0.2) is 11.6 Å². The van der Waals surface area contributed by atoms with Crippen LogP contribution >= 0.6 is 0 Å². The summed E-state index contributed by atoms with van der Waals surface area (Å²) >= 11 is 0. The van der Waals surface area contributed by atoms with Crippen LogP contribution in [0.4, 0.5) is 4.39 Å². The van der Waals surface area contributed by atoms with Crippen molar-refractivity contribution in [2.24, 2.45) is 0 Å². The molecule has 1 aromatic carbocycles. The van der Waals surface area contributed by atoms with Crippen LogP contribution < -0.4 is 9.47 Å². The van der Waals surface area contributed by atoms with Crippen molar-refractivity contribution in [3.63, 3.8) is 0 Å². The van der Waals surface area contributed by atoms with Crippen molar-refractivity contribution >= 4 is 5.97 Å². The summed E-state index contributed by atoms with van der Waals surface area (Å²) in [6.45, 7) is 0. The molecule has 0 aromatic heterocycles. The van der Waals surface area contributed by atoms with Gasteiger partial charge in [-0.15, -0.1) is 0 Å². The third-order valence-corrected chi connectivity index (χ3v) is 3.13. The van der Waals surface area contributed by atoms with Gasteiger partial charge in [0.05, 0.1) is 19.8 Å². The SMILES string of the molecule is COc1ccc(F)c(OC)c1C1(C(=O)O)CC1. The van der Waals surface area contributed by atoms with E-state index in [1.54, 1.807) is 0 Å². The summed E-state index contributed by atoms with van der Waals surface area (Å²) in [4.78, 5) is 11.3. The fourth-order valence-electron chi connectivity index (χ4n) is 2.06. The first-order chi connectivity index (χ1) is 8.06. The number of aliphatic carboxylic acids is 1. The van der Waals surface area contributed by atoms with E-state index >= 15 is 0 Å². The van der Waals surface area contributed by atoms with E-state index < -0.39 is 17.2 Å². The topological polar surface area (TPSA) is 55.8 Å². The summed E-state index contributed by atoms with van der Waals surface area (Å²) in [5, 5.41) is 9.25. The molecule has 0 atom stereocenters. The standard InChI is InChI=1S/C12H13FO4/c1-16-8-4-3-7(13)10(17-2)9(8)12(5-6-12)11(14)15/h3-4H,5-6H2,1-2H3,(H,14,15). The molecule has 17 heavy (non-hydrogen) atoms. The Kier molecular flexibility index (Phi) is 2.69. The zero-order valence-corrected chi connectivity index (χ0v) is 9.62. The second-order valence-corrected chi connectivity index (χ2v) is 4.05. The third-order valence-electron chi connectivity index (χ3n) is 3.13. The van der Waals surface area contributed by atoms with Crippen molar-refractivity contribution in [2.45, 2.75) is 18.3 Å². The van der Waals surface area contributed by atoms with Crippen LogP contribution in [0.25, 0.3) is 0 Å². The van der Waals surface area contributed by atoms with Crippen LogP contribution in [0.1, 0.15) is 18.4 Å². The molecule has 0 aliphatic heterocycles. The lowest BCUT2D eigenvalue weighted by molar-refractivity contribution is -0.140. The van der Waals surface area contributed by atoms with E-state index in [0.29, 0.717) is 24.2 Å². The van der Waals surface area contributed by atoms with Gasteiger partial charge in [-0.1, -0.05) is 0 Å². The lowest BCUT2D eigenvalue weighted by atomic mass is 9.93. The largest absolute Gasteiger partial charge is 0.496 e. The van der Waals surface area contributed by atoms with Crippen molar-refractivity contribution in [2.75, 3.05) is 14.2 Å². The van der Waals surface area contributed by atoms with E-state index in [1.807, 2.05) is 0 Å². The van der Waals surface area contributed by atoms with Crippen LogP contribution in [0.15, 0.2) is 12.1 Å². The van der Waals surface area contributed by atoms with Crippen LogP contribution in [-0.4, -0.2) is 25.3 Å². The van der Waals surface area contributed by atoms with Crippen molar-refractivity contribution in [1.82, 2.24) is 0 Å². The van der Waals surface area contributed by atoms with Crippen molar-refractivity contribution < 1.29 is 23.8 Å². The Hall–Kier alpha value is -1.78. The second kappa shape index (κ2) is 3.91. The molecule has 1 saturated carbocycles. The maximum absolute atomic E-state index is 13.6. The molecule has 0 radical (unpaired) electrons. The summed E-state index contributed by atoms with van der Waals surface area (Å²) in [6.07, 6.45) is 0.941. The van der Waals surface area contributed by atoms with Gasteiger partial charge in [-0.25, -0.2) is 4.39 Å². The average molecular weight is 240 g/mol. The molecule has 1 aromatic rings. The molecule has 0 spiro atoms. The molecule has 92 valence electrons. The van der Waals surface area contributed by atoms with E-state index in [9.17, 15) is 14.3 Å². The Bertz CT molecular complexity index is 466. The van der Waals surface area contributed by atoms with E-state index in [-0.39, 0.29) is 5.75 Å². The van der Waals surface area contributed by atoms with Gasteiger partial charge in [-0.3, -0.25) is 4.79 Å². The van der Waals surface area contributed by atoms with Gasteiger partial charge in [0.2, 0.25) is 0 Å². The minimum Gasteiger partial charge on any atom is -0.496 e. The number of benzene rings is 1. The molecule has 5 heteroatoms. The summed E-state index contributed by atoms with van der Waals surface area (Å²) in [6, 6.07) is 2.63. The molecule has 1 N–H and O–H groups in total. The Morgan fingerprint density at radius 3 is 2.41 bits per heavy atom. The number of hydrogen-bond acceptors (Lipinski definition) is 3. The smallest absolute Gasteiger partial charge is 0.314 e. The van der Waals surface area contributed by atoms with E-state index in [2.05, 4.69) is 0 Å². The van der Waals surface area contributed by atoms with Crippen LogP contribution in [0, 0.1) is 5.82 Å². The van der Waals surface area contributed by atoms with Crippen LogP contribution in [0.3, 0.4) is 0 Å². The molecule has 0 amide bonds. The minimum atomic E-state index is -1.06. The van der Waals surface area contributed by atoms with Gasteiger partial charge < -0.3 is 14.6 Å². The Morgan fingerprint density at radius 1 is 1.35 bits per heavy atom. The zero-order chi connectivity index (χ0) is 12.6. The Morgan fingerprint density at radius 2 is 2.00 bits per heavy atom. The molecule has 4 nitrogen and oxygen atoms in total. The van der Waals surface area contributed by atoms with Gasteiger partial charge in [-0.2, -0.15) is 0 Å². The monoisotopic (exact) mass is 240 g/mol. The highest BCUT2D eigenvalue weighted by Gasteiger charge is 2.55. The molecule has 2 rings (SSSR count). The highest BCUT2D eigenvalue weighted by atomic mass is 19.1. The van der Waals surface area contributed by atoms with Gasteiger partial charge in [0.1, 0.15) is 11.2 Å². The number of carboxylic acids is 1. The van der Waals surface area contributed by atoms with Crippen LogP contribution in [-0.2, 0) is 10.2 Å². The van der Waals surface area contributed by atoms with Crippen molar-refractivity contribution in [1.29, 1.82) is 0 Å². The fourth-order valence-corrected chi connectivity index (χ4v) is 2.06. The second-order valence-electron chi connectivity index (χ2n) is 4.05. The molecule has 0 saturated heterocycles. The van der Waals surface area contributed by atoms with Gasteiger partial charge in [0.25, 0.3) is 0 Å². The molecular formula is C12H13FO4. The lowest BCUT2D eigenvalue weighted by Gasteiger charge is -2.18. The molecule has 1 aliphatic rings. The van der Waals surface area contributed by atoms with Crippen molar-refractivity contribution in [3.8, 4) is 11.5 Å². The normalized spacial score (nSPS) is 16.4. The average Bonchev–Trinajstić information content (AvgIpc) is 3.09. The lowest BCUT2D eigenvalue weighted by Crippen LogP contribution is -2.21. The zero-order valence-electron chi connectivity index (χ0n) is 9.62. The number of halogens is 1. The molecular weight excluding hydrogens is 227 g/mol. The minimum absolute atomic E-state index is 0.0377. The molecule has 0 bridgehead atoms. The summed E-state index contributed by atoms with van der Waals surface area (Å²) in [5.74, 6) is -1.23. The summed E-state index contributed by atoms with van der Waals surface area (Å²) < 4.78 is 23.7. The third kappa shape index (κ3) is 1.62. The van der Waals surface area contributed by atoms with Gasteiger partial charge in [0, 0.05) is 0 Å². The summed E-state index contributed by atoms with van der Waals surface area (Å²) in [7, 11) is 2.74. The van der Waals surface area contributed by atoms with Crippen molar-refractivity contribution in [3.05, 3.63) is 23.5 Å². The Labute approximate surface area is 98.0 Å². The first kappa shape index (κ1) is 11.7. The quantitative estimate of drug-likeness (QED) is 0.874. The predicted molar refractivity (Wildman–Crippen MR) is 58.1 cm³/mol. The first-order valence-electron chi connectivity index (χ1n) is 5.21. The van der Waals surface area contributed by atoms with Crippen LogP contribution in [0.5, 0.6) is 11.5 Å². The number of ether oxygens (including phenoxy) is 2. The highest BCUT2D eigenvalue weighted by Crippen LogP contribution is 2.55. The first-order valence-corrected chi connectivity index (χ1v) is 5.21. The van der Waals surface area contributed by atoms with Gasteiger partial charge >= 0.3 is 5.97 Å².